The molecule has 1 aliphatic rings. The van der Waals surface area contributed by atoms with Crippen molar-refractivity contribution in [3.63, 3.8) is 0 Å². The number of nitrogens with two attached hydrogens (primary N) is 1. The molecule has 0 bridgehead atoms. The van der Waals surface area contributed by atoms with E-state index >= 15 is 0 Å². The van der Waals surface area contributed by atoms with Crippen molar-refractivity contribution in [2.24, 2.45) is 0 Å². The normalized spacial score (nSPS) is 15.2. The molecule has 14 heteroatoms. The van der Waals surface area contributed by atoms with Crippen LogP contribution >= 0.6 is 11.6 Å². The molecule has 0 radical (unpaired) electrons. The molecule has 6 rings (SSSR count). The molecule has 2 unspecified atom stereocenters. The Morgan fingerprint density at radius 2 is 1.52 bits per heavy atom. The molecule has 0 aliphatic heterocycles. The van der Waals surface area contributed by atoms with Crippen LogP contribution in [0.4, 0.5) is 28.7 Å². The summed E-state index contributed by atoms with van der Waals surface area (Å²) in [6.07, 6.45) is -2.22. The number of nitrogen functional groups attached to an aromatic ring is 1. The second kappa shape index (κ2) is 13.7. The molecule has 4 aromatic carbocycles. The number of halogens is 1. The summed E-state index contributed by atoms with van der Waals surface area (Å²) in [5, 5.41) is 29.1. The summed E-state index contributed by atoms with van der Waals surface area (Å²) in [5.41, 5.74) is 12.4. The van der Waals surface area contributed by atoms with Gasteiger partial charge in [-0.1, -0.05) is 36.4 Å². The van der Waals surface area contributed by atoms with Gasteiger partial charge in [0.2, 0.25) is 11.2 Å². The first-order valence-corrected chi connectivity index (χ1v) is 16.5. The van der Waals surface area contributed by atoms with Crippen LogP contribution in [0.25, 0.3) is 0 Å². The third-order valence-corrected chi connectivity index (χ3v) is 9.84. The van der Waals surface area contributed by atoms with Gasteiger partial charge >= 0.3 is 29.6 Å². The van der Waals surface area contributed by atoms with Crippen LogP contribution in [-0.2, 0) is 16.5 Å². The molecule has 242 valence electrons. The van der Waals surface area contributed by atoms with Gasteiger partial charge in [-0.05, 0) is 103 Å². The molecule has 0 saturated heterocycles. The smallest absolute Gasteiger partial charge is 0.744 e. The molecule has 5 aromatic rings. The van der Waals surface area contributed by atoms with E-state index in [9.17, 15) is 23.2 Å². The number of rotatable bonds is 7. The van der Waals surface area contributed by atoms with Crippen molar-refractivity contribution in [2.45, 2.75) is 51.2 Å². The summed E-state index contributed by atoms with van der Waals surface area (Å²) >= 11 is 6.29. The molecule has 6 N–H and O–H groups in total. The maximum absolute atomic E-state index is 12.7. The Kier molecular flexibility index (Phi) is 10.2. The van der Waals surface area contributed by atoms with Gasteiger partial charge in [0.05, 0.1) is 4.90 Å². The van der Waals surface area contributed by atoms with Crippen LogP contribution in [0, 0.1) is 27.7 Å². The number of fused-ring (bicyclic) bond motifs is 2. The number of aryl methyl sites for hydroxylation is 1. The Hall–Kier alpha value is -3.59. The SMILES string of the molecule is Cc1cccc(Nc2nc(Cl)nc(Cc3c(C)c(Nc4ccc(N)c5c4C(O)c4ccccc4C5O)c(C)c(S(=O)(=O)[O-])c3C)n2)c1.[Na+]. The predicted octanol–water partition coefficient (Wildman–Crippen LogP) is 2.80. The van der Waals surface area contributed by atoms with E-state index in [-0.39, 0.29) is 74.7 Å². The summed E-state index contributed by atoms with van der Waals surface area (Å²) in [4.78, 5) is 12.6. The average Bonchev–Trinajstić information content (AvgIpc) is 3.00. The van der Waals surface area contributed by atoms with Crippen LogP contribution in [-0.4, -0.2) is 38.1 Å². The monoisotopic (exact) mass is 694 g/mol. The molecule has 48 heavy (non-hydrogen) atoms. The van der Waals surface area contributed by atoms with Crippen LogP contribution in [0.3, 0.4) is 0 Å². The zero-order valence-electron chi connectivity index (χ0n) is 27.0. The summed E-state index contributed by atoms with van der Waals surface area (Å²) in [6, 6.07) is 17.8. The van der Waals surface area contributed by atoms with Gasteiger partial charge in [-0.3, -0.25) is 0 Å². The minimum atomic E-state index is -4.95. The molecule has 1 heterocycles. The van der Waals surface area contributed by atoms with Gasteiger partial charge in [0, 0.05) is 40.3 Å². The predicted molar refractivity (Wildman–Crippen MR) is 179 cm³/mol. The molecule has 2 atom stereocenters. The quantitative estimate of drug-likeness (QED) is 0.0958. The van der Waals surface area contributed by atoms with E-state index in [1.807, 2.05) is 31.2 Å². The number of anilines is 5. The summed E-state index contributed by atoms with van der Waals surface area (Å²) in [7, 11) is -4.95. The van der Waals surface area contributed by atoms with E-state index in [0.717, 1.165) is 11.3 Å². The van der Waals surface area contributed by atoms with Crippen LogP contribution in [0.1, 0.15) is 68.1 Å². The zero-order valence-corrected chi connectivity index (χ0v) is 30.5. The molecular formula is C34H32ClN6NaO5S. The topological polar surface area (TPSA) is 186 Å². The number of benzene rings is 4. The van der Waals surface area contributed by atoms with Gasteiger partial charge in [0.1, 0.15) is 28.2 Å². The maximum atomic E-state index is 12.7. The Morgan fingerprint density at radius 3 is 2.17 bits per heavy atom. The van der Waals surface area contributed by atoms with Crippen molar-refractivity contribution < 1.29 is 52.7 Å². The molecule has 0 saturated carbocycles. The first kappa shape index (κ1) is 35.7. The van der Waals surface area contributed by atoms with Crippen molar-refractivity contribution in [2.75, 3.05) is 16.4 Å². The van der Waals surface area contributed by atoms with E-state index in [1.54, 1.807) is 57.2 Å². The Morgan fingerprint density at radius 1 is 0.854 bits per heavy atom. The maximum Gasteiger partial charge on any atom is 1.00 e. The Balaban J connectivity index is 0.00000451. The van der Waals surface area contributed by atoms with E-state index < -0.39 is 22.3 Å². The van der Waals surface area contributed by atoms with Gasteiger partial charge in [-0.2, -0.15) is 9.97 Å². The third kappa shape index (κ3) is 6.67. The standard InChI is InChI=1S/C34H33ClN6O5S.Na/c1-16-8-7-9-20(14-16)37-34-40-26(39-33(35)41-34)15-23-17(2)29(19(4)32(18(23)3)47(44,45)46)38-25-13-12-24(36)27-28(25)31(43)22-11-6-5-10-21(22)30(27)42;/h5-14,30-31,38,42-43H,15,36H2,1-4H3,(H,44,45,46)(H,37,39,40,41);/q;+1/p-1. The number of aliphatic hydroxyl groups excluding tert-OH is 2. The fourth-order valence-corrected chi connectivity index (χ4v) is 7.58. The first-order chi connectivity index (χ1) is 22.2. The average molecular weight is 695 g/mol. The number of aromatic nitrogens is 3. The summed E-state index contributed by atoms with van der Waals surface area (Å²) in [6.45, 7) is 6.86. The van der Waals surface area contributed by atoms with Gasteiger partial charge in [-0.15, -0.1) is 0 Å². The second-order valence-electron chi connectivity index (χ2n) is 11.6. The molecule has 11 nitrogen and oxygen atoms in total. The molecule has 0 amide bonds. The molecule has 1 aromatic heterocycles. The van der Waals surface area contributed by atoms with Crippen molar-refractivity contribution in [1.29, 1.82) is 0 Å². The number of hydrogen-bond donors (Lipinski definition) is 5. The van der Waals surface area contributed by atoms with Gasteiger partial charge in [0.15, 0.2) is 0 Å². The van der Waals surface area contributed by atoms with Crippen LogP contribution < -0.4 is 45.9 Å². The fourth-order valence-electron chi connectivity index (χ4n) is 6.43. The van der Waals surface area contributed by atoms with Crippen LogP contribution in [0.5, 0.6) is 0 Å². The minimum Gasteiger partial charge on any atom is -0.744 e. The van der Waals surface area contributed by atoms with E-state index in [1.165, 1.54) is 0 Å². The number of aliphatic hydroxyl groups is 2. The van der Waals surface area contributed by atoms with Gasteiger partial charge in [-0.25, -0.2) is 13.4 Å². The minimum absolute atomic E-state index is 0. The largest absolute Gasteiger partial charge is 1.00 e. The first-order valence-electron chi connectivity index (χ1n) is 14.7. The van der Waals surface area contributed by atoms with Gasteiger partial charge in [0.25, 0.3) is 0 Å². The van der Waals surface area contributed by atoms with E-state index in [2.05, 4.69) is 25.6 Å². The number of nitrogens with zero attached hydrogens (tertiary/aromatic N) is 3. The fraction of sp³-hybridized carbons (Fsp3) is 0.206. The molecule has 0 spiro atoms. The van der Waals surface area contributed by atoms with Crippen molar-refractivity contribution in [3.05, 3.63) is 122 Å². The van der Waals surface area contributed by atoms with Gasteiger partial charge < -0.3 is 31.1 Å². The second-order valence-corrected chi connectivity index (χ2v) is 13.3. The number of nitrogens with one attached hydrogen (secondary N) is 2. The zero-order chi connectivity index (χ0) is 33.8. The van der Waals surface area contributed by atoms with E-state index in [0.29, 0.717) is 44.8 Å². The van der Waals surface area contributed by atoms with E-state index in [4.69, 9.17) is 17.3 Å². The van der Waals surface area contributed by atoms with Crippen LogP contribution in [0.15, 0.2) is 65.6 Å². The summed E-state index contributed by atoms with van der Waals surface area (Å²) in [5.74, 6) is 0.444. The van der Waals surface area contributed by atoms with Crippen molar-refractivity contribution >= 4 is 50.4 Å². The van der Waals surface area contributed by atoms with Crippen molar-refractivity contribution in [1.82, 2.24) is 15.0 Å². The number of hydrogen-bond acceptors (Lipinski definition) is 11. The molecule has 0 fully saturated rings. The third-order valence-electron chi connectivity index (χ3n) is 8.56. The molecule has 1 aliphatic carbocycles. The Labute approximate surface area is 305 Å². The Bertz CT molecular complexity index is 2180. The van der Waals surface area contributed by atoms with Crippen LogP contribution in [0.2, 0.25) is 5.28 Å². The molecular weight excluding hydrogens is 663 g/mol. The summed E-state index contributed by atoms with van der Waals surface area (Å²) < 4.78 is 38.1. The van der Waals surface area contributed by atoms with Crippen molar-refractivity contribution in [3.8, 4) is 0 Å².